The summed E-state index contributed by atoms with van der Waals surface area (Å²) in [4.78, 5) is 25.1. The summed E-state index contributed by atoms with van der Waals surface area (Å²) in [7, 11) is 1.92. The molecule has 1 atom stereocenters. The van der Waals surface area contributed by atoms with Gasteiger partial charge >= 0.3 is 0 Å². The van der Waals surface area contributed by atoms with Crippen molar-refractivity contribution in [1.29, 1.82) is 0 Å². The fourth-order valence-electron chi connectivity index (χ4n) is 2.92. The van der Waals surface area contributed by atoms with E-state index in [1.165, 1.54) is 12.1 Å². The normalized spacial score (nSPS) is 19.0. The molecule has 22 heavy (non-hydrogen) atoms. The monoisotopic (exact) mass is 305 g/mol. The number of nitro groups is 1. The topological polar surface area (TPSA) is 75.5 Å². The summed E-state index contributed by atoms with van der Waals surface area (Å²) in [5.74, 6) is 0.0707. The molecule has 1 aromatic carbocycles. The number of carbonyl (C=O) groups is 1. The summed E-state index contributed by atoms with van der Waals surface area (Å²) in [5.41, 5.74) is 0.153. The number of hydrogen-bond donors (Lipinski definition) is 1. The quantitative estimate of drug-likeness (QED) is 0.682. The van der Waals surface area contributed by atoms with Crippen molar-refractivity contribution in [1.82, 2.24) is 10.2 Å². The van der Waals surface area contributed by atoms with Gasteiger partial charge in [0.1, 0.15) is 0 Å². The first-order chi connectivity index (χ1) is 10.4. The Kier molecular flexibility index (Phi) is 4.81. The minimum atomic E-state index is -0.690. The van der Waals surface area contributed by atoms with Gasteiger partial charge in [-0.05, 0) is 39.3 Å². The molecule has 0 aliphatic carbocycles. The van der Waals surface area contributed by atoms with Gasteiger partial charge in [0.2, 0.25) is 5.91 Å². The fraction of sp³-hybridized carbons (Fsp3) is 0.562. The van der Waals surface area contributed by atoms with Gasteiger partial charge < -0.3 is 10.2 Å². The molecule has 1 saturated heterocycles. The summed E-state index contributed by atoms with van der Waals surface area (Å²) in [6.07, 6.45) is 2.08. The number of nitrogens with zero attached hydrogens (tertiary/aromatic N) is 2. The lowest BCUT2D eigenvalue weighted by molar-refractivity contribution is -0.384. The average molecular weight is 305 g/mol. The number of rotatable bonds is 4. The lowest BCUT2D eigenvalue weighted by Gasteiger charge is -2.37. The molecule has 6 heteroatoms. The van der Waals surface area contributed by atoms with E-state index in [0.29, 0.717) is 12.6 Å². The van der Waals surface area contributed by atoms with Gasteiger partial charge in [-0.15, -0.1) is 0 Å². The van der Waals surface area contributed by atoms with Gasteiger partial charge in [-0.3, -0.25) is 14.9 Å². The Hall–Kier alpha value is -1.95. The number of hydrogen-bond acceptors (Lipinski definition) is 4. The summed E-state index contributed by atoms with van der Waals surface area (Å²) < 4.78 is 0. The van der Waals surface area contributed by atoms with Gasteiger partial charge in [-0.25, -0.2) is 0 Å². The molecule has 1 aromatic rings. The maximum Gasteiger partial charge on any atom is 0.269 e. The zero-order valence-corrected chi connectivity index (χ0v) is 13.3. The molecule has 6 nitrogen and oxygen atoms in total. The Morgan fingerprint density at radius 3 is 2.55 bits per heavy atom. The summed E-state index contributed by atoms with van der Waals surface area (Å²) >= 11 is 0. The van der Waals surface area contributed by atoms with E-state index in [1.807, 2.05) is 25.8 Å². The lowest BCUT2D eigenvalue weighted by atomic mass is 9.82. The van der Waals surface area contributed by atoms with E-state index in [0.717, 1.165) is 24.9 Å². The number of amides is 1. The highest BCUT2D eigenvalue weighted by molar-refractivity contribution is 5.87. The van der Waals surface area contributed by atoms with Crippen LogP contribution < -0.4 is 5.32 Å². The van der Waals surface area contributed by atoms with Gasteiger partial charge in [0.25, 0.3) is 5.69 Å². The van der Waals surface area contributed by atoms with Gasteiger partial charge in [-0.2, -0.15) is 0 Å². The number of carbonyl (C=O) groups excluding carboxylic acids is 1. The molecule has 2 rings (SSSR count). The molecule has 0 bridgehead atoms. The summed E-state index contributed by atoms with van der Waals surface area (Å²) in [6.45, 7) is 5.23. The number of non-ortho nitro benzene ring substituents is 1. The summed E-state index contributed by atoms with van der Waals surface area (Å²) in [5, 5.41) is 14.0. The second kappa shape index (κ2) is 6.44. The summed E-state index contributed by atoms with van der Waals surface area (Å²) in [6, 6.07) is 6.60. The molecule has 0 radical (unpaired) electrons. The maximum atomic E-state index is 12.9. The Labute approximate surface area is 130 Å². The van der Waals surface area contributed by atoms with Crippen LogP contribution in [0.4, 0.5) is 5.69 Å². The van der Waals surface area contributed by atoms with Crippen molar-refractivity contribution in [2.75, 3.05) is 20.1 Å². The molecule has 0 saturated carbocycles. The number of nitro benzene ring substituents is 1. The Morgan fingerprint density at radius 2 is 2.00 bits per heavy atom. The van der Waals surface area contributed by atoms with Crippen LogP contribution in [0.5, 0.6) is 0 Å². The van der Waals surface area contributed by atoms with Crippen LogP contribution >= 0.6 is 0 Å². The number of likely N-dealkylation sites (tertiary alicyclic amines) is 1. The molecule has 1 aliphatic rings. The van der Waals surface area contributed by atoms with Crippen molar-refractivity contribution in [3.05, 3.63) is 39.9 Å². The van der Waals surface area contributed by atoms with Gasteiger partial charge in [0.15, 0.2) is 0 Å². The van der Waals surface area contributed by atoms with E-state index in [2.05, 4.69) is 5.32 Å². The van der Waals surface area contributed by atoms with Crippen molar-refractivity contribution in [3.8, 4) is 0 Å². The highest BCUT2D eigenvalue weighted by atomic mass is 16.6. The van der Waals surface area contributed by atoms with Crippen molar-refractivity contribution in [3.63, 3.8) is 0 Å². The molecule has 1 N–H and O–H groups in total. The molecule has 1 fully saturated rings. The number of piperidine rings is 1. The smallest absolute Gasteiger partial charge is 0.269 e. The molecular weight excluding hydrogens is 282 g/mol. The van der Waals surface area contributed by atoms with E-state index in [1.54, 1.807) is 12.1 Å². The van der Waals surface area contributed by atoms with E-state index in [-0.39, 0.29) is 11.6 Å². The molecule has 0 spiro atoms. The van der Waals surface area contributed by atoms with Crippen LogP contribution in [0, 0.1) is 10.1 Å². The Bertz CT molecular complexity index is 554. The van der Waals surface area contributed by atoms with Crippen LogP contribution in [-0.2, 0) is 10.2 Å². The highest BCUT2D eigenvalue weighted by Crippen LogP contribution is 2.28. The first kappa shape index (κ1) is 16.4. The standard InChI is InChI=1S/C16H23N3O3/c1-16(2,12-6-8-14(9-7-12)19(21)22)15(20)18-10-4-5-13(11-18)17-3/h6-9,13,17H,4-5,10-11H2,1-3H3. The highest BCUT2D eigenvalue weighted by Gasteiger charge is 2.35. The molecule has 1 aliphatic heterocycles. The Balaban J connectivity index is 2.17. The second-order valence-electron chi connectivity index (χ2n) is 6.31. The van der Waals surface area contributed by atoms with Gasteiger partial charge in [0, 0.05) is 31.3 Å². The third-order valence-electron chi connectivity index (χ3n) is 4.45. The molecule has 1 heterocycles. The first-order valence-electron chi connectivity index (χ1n) is 7.58. The van der Waals surface area contributed by atoms with E-state index < -0.39 is 10.3 Å². The van der Waals surface area contributed by atoms with Crippen LogP contribution in [0.1, 0.15) is 32.3 Å². The van der Waals surface area contributed by atoms with E-state index >= 15 is 0 Å². The zero-order chi connectivity index (χ0) is 16.3. The Morgan fingerprint density at radius 1 is 1.36 bits per heavy atom. The SMILES string of the molecule is CNC1CCCN(C(=O)C(C)(C)c2ccc([N+](=O)[O-])cc2)C1. The molecule has 120 valence electrons. The van der Waals surface area contributed by atoms with E-state index in [4.69, 9.17) is 0 Å². The third-order valence-corrected chi connectivity index (χ3v) is 4.45. The number of benzene rings is 1. The third kappa shape index (κ3) is 3.27. The minimum absolute atomic E-state index is 0.0419. The minimum Gasteiger partial charge on any atom is -0.340 e. The van der Waals surface area contributed by atoms with Crippen molar-refractivity contribution in [2.24, 2.45) is 0 Å². The van der Waals surface area contributed by atoms with Gasteiger partial charge in [-0.1, -0.05) is 12.1 Å². The van der Waals surface area contributed by atoms with Crippen LogP contribution in [0.25, 0.3) is 0 Å². The zero-order valence-electron chi connectivity index (χ0n) is 13.3. The lowest BCUT2D eigenvalue weighted by Crippen LogP contribution is -2.51. The van der Waals surface area contributed by atoms with Crippen LogP contribution in [0.3, 0.4) is 0 Å². The molecule has 1 amide bonds. The fourth-order valence-corrected chi connectivity index (χ4v) is 2.92. The molecule has 1 unspecified atom stereocenters. The largest absolute Gasteiger partial charge is 0.340 e. The van der Waals surface area contributed by atoms with Crippen molar-refractivity contribution < 1.29 is 9.72 Å². The van der Waals surface area contributed by atoms with Crippen molar-refractivity contribution >= 4 is 11.6 Å². The molecule has 0 aromatic heterocycles. The maximum absolute atomic E-state index is 12.9. The van der Waals surface area contributed by atoms with E-state index in [9.17, 15) is 14.9 Å². The van der Waals surface area contributed by atoms with Crippen molar-refractivity contribution in [2.45, 2.75) is 38.1 Å². The predicted octanol–water partition coefficient (Wildman–Crippen LogP) is 2.08. The predicted molar refractivity (Wildman–Crippen MR) is 84.8 cm³/mol. The van der Waals surface area contributed by atoms with Gasteiger partial charge in [0.05, 0.1) is 10.3 Å². The number of likely N-dealkylation sites (N-methyl/N-ethyl adjacent to an activating group) is 1. The number of nitrogens with one attached hydrogen (secondary N) is 1. The second-order valence-corrected chi connectivity index (χ2v) is 6.31. The van der Waals surface area contributed by atoms with Crippen LogP contribution in [0.2, 0.25) is 0 Å². The van der Waals surface area contributed by atoms with Crippen LogP contribution in [0.15, 0.2) is 24.3 Å². The van der Waals surface area contributed by atoms with Crippen LogP contribution in [-0.4, -0.2) is 41.9 Å². The molecular formula is C16H23N3O3. The average Bonchev–Trinajstić information content (AvgIpc) is 2.54. The first-order valence-corrected chi connectivity index (χ1v) is 7.58.